The number of amides is 2. The van der Waals surface area contributed by atoms with Gasteiger partial charge < -0.3 is 15.7 Å². The second-order valence-corrected chi connectivity index (χ2v) is 5.52. The van der Waals surface area contributed by atoms with Crippen LogP contribution in [-0.2, 0) is 4.79 Å². The molecule has 2 amide bonds. The van der Waals surface area contributed by atoms with E-state index in [1.165, 1.54) is 0 Å². The molecule has 112 valence electrons. The number of nitriles is 1. The van der Waals surface area contributed by atoms with Crippen LogP contribution in [0.3, 0.4) is 0 Å². The molecule has 0 aliphatic heterocycles. The van der Waals surface area contributed by atoms with Gasteiger partial charge in [0.15, 0.2) is 0 Å². The van der Waals surface area contributed by atoms with Gasteiger partial charge in [0.2, 0.25) is 0 Å². The molecule has 7 heteroatoms. The summed E-state index contributed by atoms with van der Waals surface area (Å²) >= 11 is 3.23. The molecule has 0 aromatic heterocycles. The molecule has 6 nitrogen and oxygen atoms in total. The molecule has 0 saturated heterocycles. The predicted molar refractivity (Wildman–Crippen MR) is 81.9 cm³/mol. The molecule has 1 aromatic carbocycles. The Morgan fingerprint density at radius 1 is 1.48 bits per heavy atom. The van der Waals surface area contributed by atoms with Gasteiger partial charge in [0.25, 0.3) is 0 Å². The number of carbonyl (C=O) groups excluding carboxylic acids is 1. The summed E-state index contributed by atoms with van der Waals surface area (Å²) in [5.74, 6) is -1.29. The Balaban J connectivity index is 2.82. The molecule has 0 fully saturated rings. The van der Waals surface area contributed by atoms with Crippen LogP contribution in [0.2, 0.25) is 0 Å². The summed E-state index contributed by atoms with van der Waals surface area (Å²) < 4.78 is 0.716. The van der Waals surface area contributed by atoms with Crippen LogP contribution in [0.5, 0.6) is 0 Å². The van der Waals surface area contributed by atoms with Gasteiger partial charge in [-0.2, -0.15) is 5.26 Å². The minimum Gasteiger partial charge on any atom is -0.480 e. The third kappa shape index (κ3) is 4.76. The number of urea groups is 1. The first-order chi connectivity index (χ1) is 9.88. The fourth-order valence-electron chi connectivity index (χ4n) is 1.70. The molecule has 1 aromatic rings. The number of carboxylic acid groups (broad SMARTS) is 1. The summed E-state index contributed by atoms with van der Waals surface area (Å²) in [5.41, 5.74) is 0.612. The lowest BCUT2D eigenvalue weighted by Crippen LogP contribution is -2.46. The molecular formula is C14H16BrN3O3. The molecule has 3 N–H and O–H groups in total. The summed E-state index contributed by atoms with van der Waals surface area (Å²) in [4.78, 5) is 23.0. The van der Waals surface area contributed by atoms with E-state index >= 15 is 0 Å². The third-order valence-electron chi connectivity index (χ3n) is 3.12. The van der Waals surface area contributed by atoms with Gasteiger partial charge >= 0.3 is 12.0 Å². The first-order valence-electron chi connectivity index (χ1n) is 6.39. The number of benzene rings is 1. The molecule has 0 aliphatic carbocycles. The normalized spacial score (nSPS) is 12.9. The van der Waals surface area contributed by atoms with Crippen molar-refractivity contribution in [2.24, 2.45) is 5.92 Å². The largest absolute Gasteiger partial charge is 0.480 e. The van der Waals surface area contributed by atoms with Crippen LogP contribution in [0.15, 0.2) is 22.7 Å². The second-order valence-electron chi connectivity index (χ2n) is 4.60. The third-order valence-corrected chi connectivity index (χ3v) is 3.61. The van der Waals surface area contributed by atoms with Gasteiger partial charge in [-0.3, -0.25) is 0 Å². The molecule has 0 aliphatic rings. The zero-order chi connectivity index (χ0) is 16.0. The maximum atomic E-state index is 11.9. The maximum absolute atomic E-state index is 11.9. The number of hydrogen-bond acceptors (Lipinski definition) is 3. The minimum atomic E-state index is -1.09. The summed E-state index contributed by atoms with van der Waals surface area (Å²) in [6.07, 6.45) is 0.624. The van der Waals surface area contributed by atoms with Crippen molar-refractivity contribution >= 4 is 33.6 Å². The van der Waals surface area contributed by atoms with Crippen molar-refractivity contribution in [1.82, 2.24) is 5.32 Å². The Hall–Kier alpha value is -2.07. The smallest absolute Gasteiger partial charge is 0.326 e. The van der Waals surface area contributed by atoms with Crippen molar-refractivity contribution in [3.05, 3.63) is 28.2 Å². The predicted octanol–water partition coefficient (Wildman–Crippen LogP) is 2.94. The van der Waals surface area contributed by atoms with Gasteiger partial charge in [-0.1, -0.05) is 36.2 Å². The Labute approximate surface area is 131 Å². The van der Waals surface area contributed by atoms with Crippen molar-refractivity contribution in [1.29, 1.82) is 5.26 Å². The minimum absolute atomic E-state index is 0.200. The average Bonchev–Trinajstić information content (AvgIpc) is 2.45. The lowest BCUT2D eigenvalue weighted by atomic mass is 9.99. The highest BCUT2D eigenvalue weighted by Crippen LogP contribution is 2.20. The fraction of sp³-hybridized carbons (Fsp3) is 0.357. The SMILES string of the molecule is CCC(C)C(NC(=O)Nc1ccc(Br)cc1C#N)C(=O)O. The number of halogens is 1. The summed E-state index contributed by atoms with van der Waals surface area (Å²) in [7, 11) is 0. The number of aliphatic carboxylic acids is 1. The Morgan fingerprint density at radius 3 is 2.67 bits per heavy atom. The molecule has 1 rings (SSSR count). The van der Waals surface area contributed by atoms with E-state index in [1.54, 1.807) is 25.1 Å². The summed E-state index contributed by atoms with van der Waals surface area (Å²) in [6, 6.07) is 5.16. The zero-order valence-electron chi connectivity index (χ0n) is 11.7. The number of hydrogen-bond donors (Lipinski definition) is 3. The standard InChI is InChI=1S/C14H16BrN3O3/c1-3-8(2)12(13(19)20)18-14(21)17-11-5-4-10(15)6-9(11)7-16/h4-6,8,12H,3H2,1-2H3,(H,19,20)(H2,17,18,21). The highest BCUT2D eigenvalue weighted by Gasteiger charge is 2.25. The van der Waals surface area contributed by atoms with E-state index < -0.39 is 18.0 Å². The molecule has 2 unspecified atom stereocenters. The topological polar surface area (TPSA) is 102 Å². The van der Waals surface area contributed by atoms with E-state index in [1.807, 2.05) is 13.0 Å². The van der Waals surface area contributed by atoms with E-state index in [4.69, 9.17) is 10.4 Å². The number of nitrogens with zero attached hydrogens (tertiary/aromatic N) is 1. The van der Waals surface area contributed by atoms with Crippen LogP contribution >= 0.6 is 15.9 Å². The monoisotopic (exact) mass is 353 g/mol. The first kappa shape index (κ1) is 17.0. The van der Waals surface area contributed by atoms with Crippen LogP contribution in [0.4, 0.5) is 10.5 Å². The molecule has 0 saturated carbocycles. The number of carboxylic acids is 1. The number of carbonyl (C=O) groups is 2. The van der Waals surface area contributed by atoms with E-state index in [-0.39, 0.29) is 11.5 Å². The molecule has 0 radical (unpaired) electrons. The van der Waals surface area contributed by atoms with Gasteiger partial charge in [0.05, 0.1) is 11.3 Å². The molecule has 0 bridgehead atoms. The quantitative estimate of drug-likeness (QED) is 0.756. The Bertz CT molecular complexity index is 583. The van der Waals surface area contributed by atoms with Crippen molar-refractivity contribution in [2.75, 3.05) is 5.32 Å². The van der Waals surface area contributed by atoms with Gasteiger partial charge in [-0.05, 0) is 24.1 Å². The highest BCUT2D eigenvalue weighted by molar-refractivity contribution is 9.10. The number of rotatable bonds is 5. The van der Waals surface area contributed by atoms with E-state index in [0.29, 0.717) is 16.6 Å². The lowest BCUT2D eigenvalue weighted by Gasteiger charge is -2.20. The van der Waals surface area contributed by atoms with E-state index in [2.05, 4.69) is 26.6 Å². The molecule has 0 spiro atoms. The van der Waals surface area contributed by atoms with Crippen LogP contribution in [0.25, 0.3) is 0 Å². The lowest BCUT2D eigenvalue weighted by molar-refractivity contribution is -0.140. The van der Waals surface area contributed by atoms with Crippen LogP contribution < -0.4 is 10.6 Å². The average molecular weight is 354 g/mol. The van der Waals surface area contributed by atoms with Crippen molar-refractivity contribution < 1.29 is 14.7 Å². The summed E-state index contributed by atoms with van der Waals surface area (Å²) in [5, 5.41) is 23.0. The molecule has 2 atom stereocenters. The highest BCUT2D eigenvalue weighted by atomic mass is 79.9. The summed E-state index contributed by atoms with van der Waals surface area (Å²) in [6.45, 7) is 3.60. The van der Waals surface area contributed by atoms with E-state index in [9.17, 15) is 9.59 Å². The molecule has 21 heavy (non-hydrogen) atoms. The number of nitrogens with one attached hydrogen (secondary N) is 2. The number of anilines is 1. The fourth-order valence-corrected chi connectivity index (χ4v) is 2.06. The van der Waals surface area contributed by atoms with Gasteiger partial charge in [-0.15, -0.1) is 0 Å². The van der Waals surface area contributed by atoms with Crippen molar-refractivity contribution in [3.8, 4) is 6.07 Å². The second kappa shape index (κ2) is 7.64. The van der Waals surface area contributed by atoms with E-state index in [0.717, 1.165) is 0 Å². The first-order valence-corrected chi connectivity index (χ1v) is 7.18. The van der Waals surface area contributed by atoms with Crippen LogP contribution in [-0.4, -0.2) is 23.1 Å². The van der Waals surface area contributed by atoms with Gasteiger partial charge in [0, 0.05) is 4.47 Å². The Kier molecular flexibility index (Phi) is 6.18. The maximum Gasteiger partial charge on any atom is 0.326 e. The van der Waals surface area contributed by atoms with Crippen molar-refractivity contribution in [2.45, 2.75) is 26.3 Å². The van der Waals surface area contributed by atoms with Crippen LogP contribution in [0.1, 0.15) is 25.8 Å². The van der Waals surface area contributed by atoms with Crippen molar-refractivity contribution in [3.63, 3.8) is 0 Å². The van der Waals surface area contributed by atoms with Gasteiger partial charge in [-0.25, -0.2) is 9.59 Å². The zero-order valence-corrected chi connectivity index (χ0v) is 13.3. The van der Waals surface area contributed by atoms with Gasteiger partial charge in [0.1, 0.15) is 12.1 Å². The Morgan fingerprint density at radius 2 is 2.14 bits per heavy atom. The molecule has 0 heterocycles. The van der Waals surface area contributed by atoms with Crippen LogP contribution in [0, 0.1) is 17.2 Å². The molecular weight excluding hydrogens is 338 g/mol.